The smallest absolute Gasteiger partial charge is 0.240 e. The molecule has 0 aromatic heterocycles. The average molecular weight is 339 g/mol. The second-order valence-corrected chi connectivity index (χ2v) is 6.49. The maximum absolute atomic E-state index is 12.5. The van der Waals surface area contributed by atoms with Crippen molar-refractivity contribution in [1.29, 1.82) is 0 Å². The van der Waals surface area contributed by atoms with Crippen molar-refractivity contribution in [2.24, 2.45) is 11.7 Å². The SMILES string of the molecule is NC(C(=O)N1CCOc2ccc(Br)cc2C1)C1CCC1. The number of hydrogen-bond donors (Lipinski definition) is 1. The molecule has 108 valence electrons. The van der Waals surface area contributed by atoms with Crippen LogP contribution in [0.4, 0.5) is 0 Å². The minimum atomic E-state index is -0.350. The molecule has 1 heterocycles. The van der Waals surface area contributed by atoms with Gasteiger partial charge in [0.1, 0.15) is 12.4 Å². The van der Waals surface area contributed by atoms with Crippen molar-refractivity contribution in [2.75, 3.05) is 13.2 Å². The van der Waals surface area contributed by atoms with E-state index in [9.17, 15) is 4.79 Å². The number of fused-ring (bicyclic) bond motifs is 1. The summed E-state index contributed by atoms with van der Waals surface area (Å²) in [6.07, 6.45) is 3.36. The molecule has 1 fully saturated rings. The molecule has 1 saturated carbocycles. The third-order valence-corrected chi connectivity index (χ3v) is 4.75. The van der Waals surface area contributed by atoms with E-state index in [0.717, 1.165) is 28.6 Å². The zero-order valence-corrected chi connectivity index (χ0v) is 12.9. The summed E-state index contributed by atoms with van der Waals surface area (Å²) in [5, 5.41) is 0. The summed E-state index contributed by atoms with van der Waals surface area (Å²) < 4.78 is 6.71. The summed E-state index contributed by atoms with van der Waals surface area (Å²) >= 11 is 3.46. The zero-order chi connectivity index (χ0) is 14.1. The Labute approximate surface area is 127 Å². The van der Waals surface area contributed by atoms with Crippen LogP contribution in [-0.4, -0.2) is 30.0 Å². The van der Waals surface area contributed by atoms with Gasteiger partial charge in [-0.2, -0.15) is 0 Å². The van der Waals surface area contributed by atoms with Crippen molar-refractivity contribution >= 4 is 21.8 Å². The molecule has 1 aromatic rings. The molecule has 1 atom stereocenters. The van der Waals surface area contributed by atoms with Crippen molar-refractivity contribution < 1.29 is 9.53 Å². The summed E-state index contributed by atoms with van der Waals surface area (Å²) in [6, 6.07) is 5.56. The fraction of sp³-hybridized carbons (Fsp3) is 0.533. The van der Waals surface area contributed by atoms with E-state index in [0.29, 0.717) is 25.6 Å². The monoisotopic (exact) mass is 338 g/mol. The molecule has 1 aliphatic heterocycles. The predicted molar refractivity (Wildman–Crippen MR) is 80.4 cm³/mol. The lowest BCUT2D eigenvalue weighted by Gasteiger charge is -2.33. The summed E-state index contributed by atoms with van der Waals surface area (Å²) in [5.74, 6) is 1.29. The topological polar surface area (TPSA) is 55.6 Å². The number of amides is 1. The second-order valence-electron chi connectivity index (χ2n) is 5.58. The second kappa shape index (κ2) is 5.74. The van der Waals surface area contributed by atoms with Crippen LogP contribution < -0.4 is 10.5 Å². The number of carbonyl (C=O) groups excluding carboxylic acids is 1. The molecule has 20 heavy (non-hydrogen) atoms. The Bertz CT molecular complexity index is 517. The van der Waals surface area contributed by atoms with E-state index in [2.05, 4.69) is 15.9 Å². The first-order chi connectivity index (χ1) is 9.65. The van der Waals surface area contributed by atoms with Crippen LogP contribution in [0.5, 0.6) is 5.75 Å². The van der Waals surface area contributed by atoms with Crippen molar-refractivity contribution in [3.05, 3.63) is 28.2 Å². The van der Waals surface area contributed by atoms with Gasteiger partial charge in [-0.15, -0.1) is 0 Å². The lowest BCUT2D eigenvalue weighted by atomic mass is 9.79. The van der Waals surface area contributed by atoms with Crippen LogP contribution in [0, 0.1) is 5.92 Å². The lowest BCUT2D eigenvalue weighted by Crippen LogP contribution is -2.49. The summed E-state index contributed by atoms with van der Waals surface area (Å²) in [4.78, 5) is 14.3. The van der Waals surface area contributed by atoms with Gasteiger partial charge < -0.3 is 15.4 Å². The number of nitrogens with zero attached hydrogens (tertiary/aromatic N) is 1. The van der Waals surface area contributed by atoms with E-state index in [4.69, 9.17) is 10.5 Å². The summed E-state index contributed by atoms with van der Waals surface area (Å²) in [7, 11) is 0. The number of benzene rings is 1. The molecular formula is C15H19BrN2O2. The predicted octanol–water partition coefficient (Wildman–Crippen LogP) is 2.30. The van der Waals surface area contributed by atoms with E-state index in [1.54, 1.807) is 0 Å². The van der Waals surface area contributed by atoms with Crippen LogP contribution in [0.2, 0.25) is 0 Å². The zero-order valence-electron chi connectivity index (χ0n) is 11.3. The van der Waals surface area contributed by atoms with Gasteiger partial charge in [0.15, 0.2) is 0 Å². The third kappa shape index (κ3) is 2.69. The molecule has 1 aromatic carbocycles. The van der Waals surface area contributed by atoms with Crippen molar-refractivity contribution in [1.82, 2.24) is 4.90 Å². The molecule has 1 amide bonds. The van der Waals surface area contributed by atoms with Gasteiger partial charge in [-0.1, -0.05) is 22.4 Å². The fourth-order valence-corrected chi connectivity index (χ4v) is 3.17. The van der Waals surface area contributed by atoms with Crippen molar-refractivity contribution in [3.8, 4) is 5.75 Å². The molecule has 1 aliphatic carbocycles. The Morgan fingerprint density at radius 3 is 2.95 bits per heavy atom. The van der Waals surface area contributed by atoms with Gasteiger partial charge in [-0.3, -0.25) is 4.79 Å². The molecule has 5 heteroatoms. The van der Waals surface area contributed by atoms with Gasteiger partial charge in [-0.25, -0.2) is 0 Å². The molecular weight excluding hydrogens is 320 g/mol. The molecule has 0 spiro atoms. The standard InChI is InChI=1S/C15H19BrN2O2/c16-12-4-5-13-11(8-12)9-18(6-7-20-13)15(19)14(17)10-2-1-3-10/h4-5,8,10,14H,1-3,6-7,9,17H2. The number of rotatable bonds is 2. The van der Waals surface area contributed by atoms with Crippen LogP contribution in [0.3, 0.4) is 0 Å². The Hall–Kier alpha value is -1.07. The molecule has 0 bridgehead atoms. The Kier molecular flexibility index (Phi) is 3.98. The van der Waals surface area contributed by atoms with Crippen molar-refractivity contribution in [2.45, 2.75) is 31.8 Å². The number of halogens is 1. The first kappa shape index (κ1) is 13.9. The lowest BCUT2D eigenvalue weighted by molar-refractivity contribution is -0.135. The van der Waals surface area contributed by atoms with Gasteiger partial charge in [0.2, 0.25) is 5.91 Å². The van der Waals surface area contributed by atoms with E-state index in [-0.39, 0.29) is 11.9 Å². The third-order valence-electron chi connectivity index (χ3n) is 4.26. The van der Waals surface area contributed by atoms with Crippen LogP contribution in [0.15, 0.2) is 22.7 Å². The van der Waals surface area contributed by atoms with Gasteiger partial charge in [0.05, 0.1) is 12.6 Å². The molecule has 1 unspecified atom stereocenters. The fourth-order valence-electron chi connectivity index (χ4n) is 2.76. The number of carbonyl (C=O) groups is 1. The van der Waals surface area contributed by atoms with Gasteiger partial charge in [0.25, 0.3) is 0 Å². The van der Waals surface area contributed by atoms with E-state index >= 15 is 0 Å². The molecule has 4 nitrogen and oxygen atoms in total. The van der Waals surface area contributed by atoms with Crippen LogP contribution in [0.25, 0.3) is 0 Å². The summed E-state index contributed by atoms with van der Waals surface area (Å²) in [6.45, 7) is 1.71. The quantitative estimate of drug-likeness (QED) is 0.900. The number of ether oxygens (including phenoxy) is 1. The highest BCUT2D eigenvalue weighted by atomic mass is 79.9. The minimum absolute atomic E-state index is 0.0612. The highest BCUT2D eigenvalue weighted by Gasteiger charge is 2.33. The molecule has 3 rings (SSSR count). The Morgan fingerprint density at radius 1 is 1.45 bits per heavy atom. The maximum atomic E-state index is 12.5. The van der Waals surface area contributed by atoms with Gasteiger partial charge in [-0.05, 0) is 37.0 Å². The van der Waals surface area contributed by atoms with Crippen molar-refractivity contribution in [3.63, 3.8) is 0 Å². The number of hydrogen-bond acceptors (Lipinski definition) is 3. The molecule has 0 saturated heterocycles. The molecule has 2 N–H and O–H groups in total. The molecule has 0 radical (unpaired) electrons. The van der Waals surface area contributed by atoms with E-state index < -0.39 is 0 Å². The molecule has 2 aliphatic rings. The first-order valence-corrected chi connectivity index (χ1v) is 7.90. The normalized spacial score (nSPS) is 20.4. The van der Waals surface area contributed by atoms with Crippen LogP contribution in [0.1, 0.15) is 24.8 Å². The van der Waals surface area contributed by atoms with Gasteiger partial charge in [0, 0.05) is 16.6 Å². The Morgan fingerprint density at radius 2 is 2.25 bits per heavy atom. The highest BCUT2D eigenvalue weighted by Crippen LogP contribution is 2.31. The first-order valence-electron chi connectivity index (χ1n) is 7.11. The van der Waals surface area contributed by atoms with E-state index in [1.807, 2.05) is 23.1 Å². The Balaban J connectivity index is 1.75. The van der Waals surface area contributed by atoms with Gasteiger partial charge >= 0.3 is 0 Å². The average Bonchev–Trinajstić information content (AvgIpc) is 2.57. The van der Waals surface area contributed by atoms with Crippen LogP contribution in [-0.2, 0) is 11.3 Å². The van der Waals surface area contributed by atoms with E-state index in [1.165, 1.54) is 6.42 Å². The highest BCUT2D eigenvalue weighted by molar-refractivity contribution is 9.10. The summed E-state index contributed by atoms with van der Waals surface area (Å²) in [5.41, 5.74) is 7.15. The largest absolute Gasteiger partial charge is 0.491 e. The van der Waals surface area contributed by atoms with Crippen LogP contribution >= 0.6 is 15.9 Å². The number of nitrogens with two attached hydrogens (primary N) is 1. The maximum Gasteiger partial charge on any atom is 0.240 e. The minimum Gasteiger partial charge on any atom is -0.491 e.